The zero-order valence-electron chi connectivity index (χ0n) is 24.5. The molecule has 0 saturated carbocycles. The van der Waals surface area contributed by atoms with E-state index in [1.165, 1.54) is 0 Å². The quantitative estimate of drug-likeness (QED) is 0.243. The molecular formula is C31H34Cl2N8. The van der Waals surface area contributed by atoms with Gasteiger partial charge in [-0.1, -0.05) is 61.3 Å². The van der Waals surface area contributed by atoms with Crippen molar-refractivity contribution in [3.05, 3.63) is 75.7 Å². The molecule has 3 aliphatic heterocycles. The van der Waals surface area contributed by atoms with Crippen molar-refractivity contribution in [1.82, 2.24) is 24.9 Å². The Kier molecular flexibility index (Phi) is 6.98. The highest BCUT2D eigenvalue weighted by Crippen LogP contribution is 2.39. The number of nitriles is 1. The SMILES string of the molecule is [2H][C@@](Nc1cc(Cl)c2ncc(C#N)c(NCC(C)(C)C)c2c1)(c1ccc(Cl)cc1)c1cn(C23CCN(CC2)CC3)nn1. The van der Waals surface area contributed by atoms with Gasteiger partial charge in [0.2, 0.25) is 0 Å². The average Bonchev–Trinajstić information content (AvgIpc) is 3.49. The Morgan fingerprint density at radius 3 is 2.49 bits per heavy atom. The van der Waals surface area contributed by atoms with E-state index in [-0.39, 0.29) is 11.0 Å². The fourth-order valence-corrected chi connectivity index (χ4v) is 6.16. The van der Waals surface area contributed by atoms with Gasteiger partial charge >= 0.3 is 0 Å². The molecule has 3 fully saturated rings. The van der Waals surface area contributed by atoms with E-state index in [1.54, 1.807) is 24.4 Å². The third-order valence-electron chi connectivity index (χ3n) is 8.16. The van der Waals surface area contributed by atoms with E-state index in [9.17, 15) is 6.63 Å². The lowest BCUT2D eigenvalue weighted by molar-refractivity contribution is 0.0252. The number of nitrogens with zero attached hydrogens (tertiary/aromatic N) is 6. The standard InChI is InChI=1S/C31H34Cl2N8/c1-30(2,3)19-36-27-21(16-34)17-35-29-24(27)14-23(15-25(29)33)37-28(20-4-6-22(32)7-5-20)26-18-41(39-38-26)31-8-11-40(12-9-31)13-10-31/h4-7,14-15,17-18,28,37H,8-13,19H2,1-3H3,(H,35,36)/t28-/m1/s1/i28D. The summed E-state index contributed by atoms with van der Waals surface area (Å²) in [5.74, 6) is 0. The van der Waals surface area contributed by atoms with Gasteiger partial charge in [-0.05, 0) is 54.5 Å². The molecule has 2 N–H and O–H groups in total. The number of hydrogen-bond donors (Lipinski definition) is 2. The first kappa shape index (κ1) is 26.5. The molecule has 8 nitrogen and oxygen atoms in total. The van der Waals surface area contributed by atoms with Crippen molar-refractivity contribution in [3.8, 4) is 6.07 Å². The summed E-state index contributed by atoms with van der Waals surface area (Å²) < 4.78 is 11.8. The summed E-state index contributed by atoms with van der Waals surface area (Å²) in [5, 5.41) is 27.6. The van der Waals surface area contributed by atoms with Crippen LogP contribution in [0, 0.1) is 16.7 Å². The molecule has 212 valence electrons. The van der Waals surface area contributed by atoms with Crippen molar-refractivity contribution in [2.45, 2.75) is 51.6 Å². The molecule has 0 amide bonds. The highest BCUT2D eigenvalue weighted by molar-refractivity contribution is 6.36. The van der Waals surface area contributed by atoms with E-state index < -0.39 is 6.02 Å². The molecule has 0 aliphatic carbocycles. The summed E-state index contributed by atoms with van der Waals surface area (Å²) >= 11 is 13.0. The highest BCUT2D eigenvalue weighted by Gasteiger charge is 2.42. The van der Waals surface area contributed by atoms with Gasteiger partial charge in [0.05, 0.1) is 40.9 Å². The van der Waals surface area contributed by atoms with E-state index in [4.69, 9.17) is 23.2 Å². The van der Waals surface area contributed by atoms with Crippen molar-refractivity contribution >= 4 is 45.5 Å². The Labute approximate surface area is 252 Å². The Balaban J connectivity index is 1.44. The van der Waals surface area contributed by atoms with Gasteiger partial charge in [0.15, 0.2) is 0 Å². The molecule has 10 heteroatoms. The number of rotatable bonds is 7. The molecule has 0 radical (unpaired) electrons. The predicted molar refractivity (Wildman–Crippen MR) is 165 cm³/mol. The summed E-state index contributed by atoms with van der Waals surface area (Å²) in [7, 11) is 0. The van der Waals surface area contributed by atoms with Gasteiger partial charge in [0, 0.05) is 48.5 Å². The van der Waals surface area contributed by atoms with Crippen LogP contribution < -0.4 is 10.6 Å². The lowest BCUT2D eigenvalue weighted by Gasteiger charge is -2.48. The molecule has 0 unspecified atom stereocenters. The smallest absolute Gasteiger partial charge is 0.109 e. The number of hydrogen-bond acceptors (Lipinski definition) is 7. The van der Waals surface area contributed by atoms with E-state index in [1.807, 2.05) is 29.1 Å². The topological polar surface area (TPSA) is 94.7 Å². The molecule has 2 bridgehead atoms. The van der Waals surface area contributed by atoms with Gasteiger partial charge < -0.3 is 15.5 Å². The molecule has 3 aliphatic rings. The van der Waals surface area contributed by atoms with Crippen molar-refractivity contribution in [2.75, 3.05) is 36.8 Å². The largest absolute Gasteiger partial charge is 0.383 e. The van der Waals surface area contributed by atoms with Crippen LogP contribution in [0.4, 0.5) is 11.4 Å². The number of benzene rings is 2. The monoisotopic (exact) mass is 589 g/mol. The van der Waals surface area contributed by atoms with Crippen molar-refractivity contribution in [3.63, 3.8) is 0 Å². The number of aromatic nitrogens is 4. The van der Waals surface area contributed by atoms with Crippen molar-refractivity contribution < 1.29 is 1.37 Å². The van der Waals surface area contributed by atoms with E-state index >= 15 is 0 Å². The van der Waals surface area contributed by atoms with E-state index in [0.29, 0.717) is 55.7 Å². The van der Waals surface area contributed by atoms with Gasteiger partial charge in [-0.2, -0.15) is 5.26 Å². The Bertz CT molecular complexity index is 1650. The second kappa shape index (κ2) is 10.8. The minimum atomic E-state index is -1.51. The van der Waals surface area contributed by atoms with Crippen LogP contribution in [0.3, 0.4) is 0 Å². The lowest BCUT2D eigenvalue weighted by Crippen LogP contribution is -2.53. The summed E-state index contributed by atoms with van der Waals surface area (Å²) in [6, 6.07) is 11.6. The first-order chi connectivity index (χ1) is 20.0. The molecule has 2 aromatic carbocycles. The number of halogens is 2. The third-order valence-corrected chi connectivity index (χ3v) is 8.70. The molecule has 4 aromatic rings. The minimum Gasteiger partial charge on any atom is -0.383 e. The Morgan fingerprint density at radius 1 is 1.12 bits per heavy atom. The number of pyridine rings is 1. The first-order valence-electron chi connectivity index (χ1n) is 14.5. The molecule has 3 saturated heterocycles. The van der Waals surface area contributed by atoms with Crippen LogP contribution in [0.1, 0.15) is 64.2 Å². The zero-order valence-corrected chi connectivity index (χ0v) is 25.0. The fourth-order valence-electron chi connectivity index (χ4n) is 5.77. The average molecular weight is 591 g/mol. The highest BCUT2D eigenvalue weighted by atomic mass is 35.5. The van der Waals surface area contributed by atoms with Gasteiger partial charge in [0.25, 0.3) is 0 Å². The fraction of sp³-hybridized carbons (Fsp3) is 0.419. The Morgan fingerprint density at radius 2 is 1.83 bits per heavy atom. The normalized spacial score (nSPS) is 22.1. The zero-order chi connectivity index (χ0) is 29.7. The van der Waals surface area contributed by atoms with Gasteiger partial charge in [-0.25, -0.2) is 4.68 Å². The summed E-state index contributed by atoms with van der Waals surface area (Å²) in [6.07, 6.45) is 6.53. The van der Waals surface area contributed by atoms with Crippen LogP contribution in [0.2, 0.25) is 10.0 Å². The van der Waals surface area contributed by atoms with Crippen LogP contribution in [0.15, 0.2) is 48.8 Å². The molecular weight excluding hydrogens is 555 g/mol. The second-order valence-electron chi connectivity index (χ2n) is 12.3. The first-order valence-corrected chi connectivity index (χ1v) is 14.7. The molecule has 0 spiro atoms. The van der Waals surface area contributed by atoms with E-state index in [2.05, 4.69) is 57.7 Å². The number of piperidine rings is 3. The molecule has 2 aromatic heterocycles. The maximum absolute atomic E-state index is 9.87. The number of anilines is 2. The van der Waals surface area contributed by atoms with E-state index in [0.717, 1.165) is 38.9 Å². The maximum Gasteiger partial charge on any atom is 0.109 e. The molecule has 7 rings (SSSR count). The Hall–Kier alpha value is -3.38. The second-order valence-corrected chi connectivity index (χ2v) is 13.1. The summed E-state index contributed by atoms with van der Waals surface area (Å²) in [5.41, 5.74) is 3.29. The third kappa shape index (κ3) is 5.59. The van der Waals surface area contributed by atoms with Crippen LogP contribution in [0.25, 0.3) is 10.9 Å². The number of fused-ring (bicyclic) bond motifs is 4. The predicted octanol–water partition coefficient (Wildman–Crippen LogP) is 6.86. The van der Waals surface area contributed by atoms with Crippen LogP contribution >= 0.6 is 23.2 Å². The van der Waals surface area contributed by atoms with Crippen molar-refractivity contribution in [1.29, 1.82) is 5.26 Å². The minimum absolute atomic E-state index is 0.0207. The molecule has 5 heterocycles. The maximum atomic E-state index is 9.87. The van der Waals surface area contributed by atoms with Gasteiger partial charge in [-0.15, -0.1) is 5.10 Å². The van der Waals surface area contributed by atoms with Gasteiger partial charge in [0.1, 0.15) is 11.8 Å². The molecule has 1 atom stereocenters. The van der Waals surface area contributed by atoms with Crippen molar-refractivity contribution in [2.24, 2.45) is 5.41 Å². The van der Waals surface area contributed by atoms with Crippen LogP contribution in [0.5, 0.6) is 0 Å². The summed E-state index contributed by atoms with van der Waals surface area (Å²) in [6.45, 7) is 10.2. The number of nitrogens with one attached hydrogen (secondary N) is 2. The lowest BCUT2D eigenvalue weighted by atomic mass is 9.80. The van der Waals surface area contributed by atoms with Crippen LogP contribution in [-0.2, 0) is 5.54 Å². The molecule has 41 heavy (non-hydrogen) atoms. The summed E-state index contributed by atoms with van der Waals surface area (Å²) in [4.78, 5) is 6.97. The van der Waals surface area contributed by atoms with Gasteiger partial charge in [-0.3, -0.25) is 4.98 Å². The van der Waals surface area contributed by atoms with Crippen LogP contribution in [-0.4, -0.2) is 51.1 Å².